The lowest BCUT2D eigenvalue weighted by Gasteiger charge is -2.28. The molecule has 2 aromatic rings. The number of carbonyl (C=O) groups is 2. The summed E-state index contributed by atoms with van der Waals surface area (Å²) in [7, 11) is 0. The Morgan fingerprint density at radius 2 is 1.90 bits per heavy atom. The number of aliphatic hydroxyl groups excluding tert-OH is 1. The molecule has 2 aliphatic rings. The van der Waals surface area contributed by atoms with Gasteiger partial charge in [0.2, 0.25) is 0 Å². The van der Waals surface area contributed by atoms with Crippen LogP contribution < -0.4 is 0 Å². The Morgan fingerprint density at radius 1 is 1.14 bits per heavy atom. The van der Waals surface area contributed by atoms with Gasteiger partial charge in [-0.2, -0.15) is 0 Å². The highest BCUT2D eigenvalue weighted by Gasteiger charge is 2.47. The standard InChI is InChI=1S/C21H23N3O5/c25-19(15-4-6-22-7-5-15)17-18(16-3-1-12-29-16)24(21(27)20(17)26)9-2-8-23-10-13-28-14-11-23/h1,3-7,12,18,25H,2,8-11,13-14H2/b19-17+/t18-/m1/s1. The highest BCUT2D eigenvalue weighted by molar-refractivity contribution is 6.46. The molecule has 0 aromatic carbocycles. The van der Waals surface area contributed by atoms with E-state index in [9.17, 15) is 14.7 Å². The largest absolute Gasteiger partial charge is 0.507 e. The van der Waals surface area contributed by atoms with E-state index in [1.54, 1.807) is 24.3 Å². The van der Waals surface area contributed by atoms with Crippen molar-refractivity contribution >= 4 is 17.4 Å². The van der Waals surface area contributed by atoms with Crippen molar-refractivity contribution in [2.75, 3.05) is 39.4 Å². The fraction of sp³-hybridized carbons (Fsp3) is 0.381. The number of morpholine rings is 1. The first kappa shape index (κ1) is 19.4. The molecule has 4 heterocycles. The summed E-state index contributed by atoms with van der Waals surface area (Å²) in [5, 5.41) is 10.8. The maximum Gasteiger partial charge on any atom is 0.295 e. The second-order valence-electron chi connectivity index (χ2n) is 7.05. The molecule has 0 bridgehead atoms. The fourth-order valence-electron chi connectivity index (χ4n) is 3.81. The molecule has 0 spiro atoms. The summed E-state index contributed by atoms with van der Waals surface area (Å²) >= 11 is 0. The number of aromatic nitrogens is 1. The van der Waals surface area contributed by atoms with Gasteiger partial charge in [0.05, 0.1) is 25.1 Å². The second kappa shape index (κ2) is 8.59. The summed E-state index contributed by atoms with van der Waals surface area (Å²) in [5.41, 5.74) is 0.477. The normalized spacial score (nSPS) is 22.3. The topological polar surface area (TPSA) is 96.1 Å². The van der Waals surface area contributed by atoms with Crippen LogP contribution in [-0.2, 0) is 14.3 Å². The minimum Gasteiger partial charge on any atom is -0.507 e. The van der Waals surface area contributed by atoms with Gasteiger partial charge in [-0.15, -0.1) is 0 Å². The van der Waals surface area contributed by atoms with E-state index in [0.717, 1.165) is 19.6 Å². The summed E-state index contributed by atoms with van der Waals surface area (Å²) in [4.78, 5) is 33.3. The van der Waals surface area contributed by atoms with Crippen molar-refractivity contribution < 1.29 is 23.8 Å². The van der Waals surface area contributed by atoms with Crippen molar-refractivity contribution in [1.82, 2.24) is 14.8 Å². The first-order chi connectivity index (χ1) is 14.2. The van der Waals surface area contributed by atoms with Crippen molar-refractivity contribution in [2.24, 2.45) is 0 Å². The lowest BCUT2D eigenvalue weighted by molar-refractivity contribution is -0.140. The molecule has 0 aliphatic carbocycles. The van der Waals surface area contributed by atoms with E-state index in [0.29, 0.717) is 37.5 Å². The van der Waals surface area contributed by atoms with Gasteiger partial charge in [-0.1, -0.05) is 0 Å². The van der Waals surface area contributed by atoms with Gasteiger partial charge in [0.15, 0.2) is 0 Å². The van der Waals surface area contributed by atoms with Crippen molar-refractivity contribution in [3.8, 4) is 0 Å². The zero-order valence-corrected chi connectivity index (χ0v) is 16.0. The van der Waals surface area contributed by atoms with Gasteiger partial charge in [-0.3, -0.25) is 19.5 Å². The summed E-state index contributed by atoms with van der Waals surface area (Å²) in [6.07, 6.45) is 5.25. The van der Waals surface area contributed by atoms with Gasteiger partial charge in [0, 0.05) is 44.1 Å². The molecule has 2 saturated heterocycles. The molecule has 0 radical (unpaired) electrons. The number of furan rings is 1. The molecule has 0 unspecified atom stereocenters. The Hall–Kier alpha value is -2.97. The molecular formula is C21H23N3O5. The molecule has 8 heteroatoms. The van der Waals surface area contributed by atoms with E-state index in [-0.39, 0.29) is 11.3 Å². The zero-order valence-electron chi connectivity index (χ0n) is 16.0. The van der Waals surface area contributed by atoms with E-state index >= 15 is 0 Å². The third kappa shape index (κ3) is 3.94. The van der Waals surface area contributed by atoms with Crippen LogP contribution in [0.4, 0.5) is 0 Å². The number of ether oxygens (including phenoxy) is 1. The van der Waals surface area contributed by atoms with Gasteiger partial charge in [0.1, 0.15) is 17.6 Å². The summed E-state index contributed by atoms with van der Waals surface area (Å²) in [6, 6.07) is 5.87. The van der Waals surface area contributed by atoms with Gasteiger partial charge in [0.25, 0.3) is 11.7 Å². The van der Waals surface area contributed by atoms with Crippen molar-refractivity contribution in [1.29, 1.82) is 0 Å². The van der Waals surface area contributed by atoms with E-state index < -0.39 is 17.7 Å². The van der Waals surface area contributed by atoms with Crippen molar-refractivity contribution in [3.63, 3.8) is 0 Å². The lowest BCUT2D eigenvalue weighted by Crippen LogP contribution is -2.38. The van der Waals surface area contributed by atoms with Crippen LogP contribution in [0.15, 0.2) is 52.9 Å². The number of rotatable bonds is 6. The number of Topliss-reactive ketones (excluding diaryl/α,β-unsaturated/α-hetero) is 1. The van der Waals surface area contributed by atoms with Crippen LogP contribution in [0.25, 0.3) is 5.76 Å². The third-order valence-electron chi connectivity index (χ3n) is 5.28. The highest BCUT2D eigenvalue weighted by Crippen LogP contribution is 2.39. The Balaban J connectivity index is 1.60. The molecule has 0 saturated carbocycles. The monoisotopic (exact) mass is 397 g/mol. The number of aliphatic hydroxyl groups is 1. The van der Waals surface area contributed by atoms with E-state index in [1.165, 1.54) is 23.6 Å². The molecule has 8 nitrogen and oxygen atoms in total. The number of likely N-dealkylation sites (tertiary alicyclic amines) is 1. The molecule has 152 valence electrons. The number of hydrogen-bond donors (Lipinski definition) is 1. The van der Waals surface area contributed by atoms with Gasteiger partial charge in [-0.25, -0.2) is 0 Å². The van der Waals surface area contributed by atoms with Crippen LogP contribution in [0.3, 0.4) is 0 Å². The van der Waals surface area contributed by atoms with Crippen LogP contribution in [0.1, 0.15) is 23.8 Å². The SMILES string of the molecule is O=C1C(=O)N(CCCN2CCOCC2)[C@H](c2ccco2)/C1=C(\O)c1ccncc1. The molecular weight excluding hydrogens is 374 g/mol. The van der Waals surface area contributed by atoms with E-state index in [1.807, 2.05) is 0 Å². The Morgan fingerprint density at radius 3 is 2.59 bits per heavy atom. The Labute approximate surface area is 168 Å². The third-order valence-corrected chi connectivity index (χ3v) is 5.28. The van der Waals surface area contributed by atoms with Crippen molar-refractivity contribution in [3.05, 3.63) is 59.8 Å². The summed E-state index contributed by atoms with van der Waals surface area (Å²) < 4.78 is 10.9. The van der Waals surface area contributed by atoms with E-state index in [2.05, 4.69) is 9.88 Å². The molecule has 29 heavy (non-hydrogen) atoms. The maximum absolute atomic E-state index is 12.8. The molecule has 1 N–H and O–H groups in total. The molecule has 2 fully saturated rings. The predicted octanol–water partition coefficient (Wildman–Crippen LogP) is 1.82. The number of amides is 1. The first-order valence-corrected chi connectivity index (χ1v) is 9.69. The maximum atomic E-state index is 12.8. The molecule has 1 atom stereocenters. The lowest BCUT2D eigenvalue weighted by atomic mass is 10.00. The first-order valence-electron chi connectivity index (χ1n) is 9.69. The number of hydrogen-bond acceptors (Lipinski definition) is 7. The molecule has 2 aliphatic heterocycles. The van der Waals surface area contributed by atoms with Gasteiger partial charge in [-0.05, 0) is 30.7 Å². The van der Waals surface area contributed by atoms with E-state index in [4.69, 9.17) is 9.15 Å². The smallest absolute Gasteiger partial charge is 0.295 e. The van der Waals surface area contributed by atoms with Crippen LogP contribution >= 0.6 is 0 Å². The van der Waals surface area contributed by atoms with Crippen LogP contribution in [0.2, 0.25) is 0 Å². The molecule has 2 aromatic heterocycles. The Bertz CT molecular complexity index is 888. The number of ketones is 1. The average molecular weight is 397 g/mol. The van der Waals surface area contributed by atoms with Gasteiger partial charge < -0.3 is 19.2 Å². The quantitative estimate of drug-likeness (QED) is 0.451. The minimum absolute atomic E-state index is 0.0440. The second-order valence-corrected chi connectivity index (χ2v) is 7.05. The average Bonchev–Trinajstić information content (AvgIpc) is 3.37. The fourth-order valence-corrected chi connectivity index (χ4v) is 3.81. The molecule has 1 amide bonds. The predicted molar refractivity (Wildman–Crippen MR) is 104 cm³/mol. The Kier molecular flexibility index (Phi) is 5.73. The summed E-state index contributed by atoms with van der Waals surface area (Å²) in [6.45, 7) is 4.35. The van der Waals surface area contributed by atoms with Gasteiger partial charge >= 0.3 is 0 Å². The van der Waals surface area contributed by atoms with Crippen LogP contribution in [0, 0.1) is 0 Å². The zero-order chi connectivity index (χ0) is 20.2. The number of carbonyl (C=O) groups excluding carboxylic acids is 2. The minimum atomic E-state index is -0.747. The van der Waals surface area contributed by atoms with Crippen molar-refractivity contribution in [2.45, 2.75) is 12.5 Å². The summed E-state index contributed by atoms with van der Waals surface area (Å²) in [5.74, 6) is -1.09. The number of nitrogens with zero attached hydrogens (tertiary/aromatic N) is 3. The number of pyridine rings is 1. The molecule has 4 rings (SSSR count). The van der Waals surface area contributed by atoms with Crippen LogP contribution in [0.5, 0.6) is 0 Å². The highest BCUT2D eigenvalue weighted by atomic mass is 16.5. The van der Waals surface area contributed by atoms with Crippen LogP contribution in [-0.4, -0.2) is 71.0 Å².